The zero-order valence-electron chi connectivity index (χ0n) is 12.5. The molecule has 8 heteroatoms. The van der Waals surface area contributed by atoms with E-state index in [-0.39, 0.29) is 17.0 Å². The van der Waals surface area contributed by atoms with Crippen LogP contribution in [0.15, 0.2) is 29.2 Å². The van der Waals surface area contributed by atoms with Gasteiger partial charge in [0.25, 0.3) is 11.5 Å². The lowest BCUT2D eigenvalue weighted by Crippen LogP contribution is -2.31. The molecule has 0 bridgehead atoms. The summed E-state index contributed by atoms with van der Waals surface area (Å²) in [7, 11) is 0. The number of likely N-dealkylation sites (tertiary alicyclic amines) is 1. The lowest BCUT2D eigenvalue weighted by molar-refractivity contribution is 0.0770. The zero-order chi connectivity index (χ0) is 16.4. The third-order valence-corrected chi connectivity index (χ3v) is 3.88. The molecule has 1 aliphatic heterocycles. The Kier molecular flexibility index (Phi) is 4.29. The fourth-order valence-corrected chi connectivity index (χ4v) is 2.56. The maximum Gasteiger partial charge on any atom is 0.266 e. The van der Waals surface area contributed by atoms with Crippen molar-refractivity contribution in [1.82, 2.24) is 20.1 Å². The molecule has 7 nitrogen and oxygen atoms in total. The first-order chi connectivity index (χ1) is 11.0. The number of carbonyl (C=O) groups is 1. The van der Waals surface area contributed by atoms with Crippen LogP contribution in [-0.4, -0.2) is 45.2 Å². The smallest absolute Gasteiger partial charge is 0.266 e. The summed E-state index contributed by atoms with van der Waals surface area (Å²) in [5, 5.41) is 7.89. The first kappa shape index (κ1) is 15.5. The van der Waals surface area contributed by atoms with Crippen molar-refractivity contribution in [3.63, 3.8) is 0 Å². The lowest BCUT2D eigenvalue weighted by atomic mass is 10.2. The van der Waals surface area contributed by atoms with Crippen molar-refractivity contribution in [3.05, 3.63) is 51.0 Å². The van der Waals surface area contributed by atoms with E-state index in [0.29, 0.717) is 31.0 Å². The maximum atomic E-state index is 12.4. The Labute approximate surface area is 137 Å². The van der Waals surface area contributed by atoms with E-state index in [9.17, 15) is 9.59 Å². The van der Waals surface area contributed by atoms with Crippen molar-refractivity contribution in [3.8, 4) is 5.88 Å². The number of H-pyrrole nitrogens is 1. The van der Waals surface area contributed by atoms with Crippen molar-refractivity contribution in [2.45, 2.75) is 19.4 Å². The number of carbonyl (C=O) groups excluding carboxylic acids is 1. The van der Waals surface area contributed by atoms with Gasteiger partial charge in [0.2, 0.25) is 5.88 Å². The van der Waals surface area contributed by atoms with Gasteiger partial charge in [-0.3, -0.25) is 9.59 Å². The van der Waals surface area contributed by atoms with Gasteiger partial charge in [-0.25, -0.2) is 0 Å². The summed E-state index contributed by atoms with van der Waals surface area (Å²) < 4.78 is 5.74. The summed E-state index contributed by atoms with van der Waals surface area (Å²) in [6, 6.07) is 4.96. The number of hydrogen-bond donors (Lipinski definition) is 1. The molecule has 1 N–H and O–H groups in total. The Morgan fingerprint density at radius 1 is 1.43 bits per heavy atom. The fraction of sp³-hybridized carbons (Fsp3) is 0.333. The van der Waals surface area contributed by atoms with Crippen LogP contribution in [0.25, 0.3) is 0 Å². The van der Waals surface area contributed by atoms with Gasteiger partial charge in [0.05, 0.1) is 17.8 Å². The minimum atomic E-state index is -0.413. The number of aromatic nitrogens is 3. The van der Waals surface area contributed by atoms with Crippen LogP contribution in [0.3, 0.4) is 0 Å². The van der Waals surface area contributed by atoms with Crippen LogP contribution >= 0.6 is 11.6 Å². The number of ether oxygens (including phenoxy) is 1. The monoisotopic (exact) mass is 334 g/mol. The van der Waals surface area contributed by atoms with Crippen LogP contribution in [0.5, 0.6) is 5.88 Å². The van der Waals surface area contributed by atoms with Crippen molar-refractivity contribution in [2.75, 3.05) is 13.1 Å². The second-order valence-corrected chi connectivity index (χ2v) is 5.77. The highest BCUT2D eigenvalue weighted by Gasteiger charge is 2.29. The van der Waals surface area contributed by atoms with Gasteiger partial charge in [-0.15, -0.1) is 5.10 Å². The van der Waals surface area contributed by atoms with Crippen LogP contribution in [0.4, 0.5) is 0 Å². The molecule has 0 aromatic carbocycles. The SMILES string of the molecule is Cc1ccc(OC2CCN(C(=O)c3c[nH]c(=O)c(Cl)c3)C2)nn1. The molecule has 1 saturated heterocycles. The predicted octanol–water partition coefficient (Wildman–Crippen LogP) is 1.42. The van der Waals surface area contributed by atoms with Crippen LogP contribution in [0, 0.1) is 6.92 Å². The molecule has 1 fully saturated rings. The number of pyridine rings is 1. The largest absolute Gasteiger partial charge is 0.471 e. The van der Waals surface area contributed by atoms with Crippen LogP contribution < -0.4 is 10.3 Å². The van der Waals surface area contributed by atoms with Gasteiger partial charge in [-0.05, 0) is 19.1 Å². The van der Waals surface area contributed by atoms with Crippen molar-refractivity contribution in [2.24, 2.45) is 0 Å². The van der Waals surface area contributed by atoms with Crippen LogP contribution in [0.1, 0.15) is 22.5 Å². The first-order valence-corrected chi connectivity index (χ1v) is 7.55. The molecule has 0 radical (unpaired) electrons. The molecule has 3 heterocycles. The molecular weight excluding hydrogens is 320 g/mol. The van der Waals surface area contributed by atoms with E-state index in [1.165, 1.54) is 12.3 Å². The number of rotatable bonds is 3. The number of nitrogens with zero attached hydrogens (tertiary/aromatic N) is 3. The van der Waals surface area contributed by atoms with E-state index in [4.69, 9.17) is 16.3 Å². The van der Waals surface area contributed by atoms with Crippen LogP contribution in [0.2, 0.25) is 5.02 Å². The van der Waals surface area contributed by atoms with E-state index >= 15 is 0 Å². The summed E-state index contributed by atoms with van der Waals surface area (Å²) in [4.78, 5) is 27.8. The molecule has 1 aliphatic rings. The third-order valence-electron chi connectivity index (χ3n) is 3.60. The Morgan fingerprint density at radius 3 is 2.96 bits per heavy atom. The van der Waals surface area contributed by atoms with Gasteiger partial charge >= 0.3 is 0 Å². The van der Waals surface area contributed by atoms with E-state index < -0.39 is 5.56 Å². The second-order valence-electron chi connectivity index (χ2n) is 5.36. The summed E-state index contributed by atoms with van der Waals surface area (Å²) in [6.07, 6.45) is 1.95. The molecule has 1 unspecified atom stereocenters. The number of nitrogens with one attached hydrogen (secondary N) is 1. The molecule has 0 saturated carbocycles. The molecular formula is C15H15ClN4O3. The minimum absolute atomic E-state index is 0.00206. The number of aryl methyl sites for hydroxylation is 1. The molecule has 1 amide bonds. The van der Waals surface area contributed by atoms with Gasteiger partial charge in [0.15, 0.2) is 0 Å². The van der Waals surface area contributed by atoms with Gasteiger partial charge in [-0.2, -0.15) is 5.10 Å². The van der Waals surface area contributed by atoms with Gasteiger partial charge in [0, 0.05) is 25.2 Å². The number of amides is 1. The van der Waals surface area contributed by atoms with Gasteiger partial charge in [-0.1, -0.05) is 11.6 Å². The Bertz CT molecular complexity index is 775. The first-order valence-electron chi connectivity index (χ1n) is 7.17. The highest BCUT2D eigenvalue weighted by atomic mass is 35.5. The molecule has 2 aromatic rings. The van der Waals surface area contributed by atoms with Crippen molar-refractivity contribution < 1.29 is 9.53 Å². The number of halogens is 1. The van der Waals surface area contributed by atoms with E-state index in [2.05, 4.69) is 15.2 Å². The maximum absolute atomic E-state index is 12.4. The molecule has 2 aromatic heterocycles. The lowest BCUT2D eigenvalue weighted by Gasteiger charge is -2.16. The molecule has 1 atom stereocenters. The summed E-state index contributed by atoms with van der Waals surface area (Å²) in [6.45, 7) is 2.87. The summed E-state index contributed by atoms with van der Waals surface area (Å²) >= 11 is 5.76. The number of hydrogen-bond acceptors (Lipinski definition) is 5. The quantitative estimate of drug-likeness (QED) is 0.917. The average Bonchev–Trinajstić information content (AvgIpc) is 3.00. The molecule has 120 valence electrons. The number of aromatic amines is 1. The van der Waals surface area contributed by atoms with Gasteiger partial charge in [0.1, 0.15) is 11.1 Å². The van der Waals surface area contributed by atoms with E-state index in [0.717, 1.165) is 5.69 Å². The molecule has 3 rings (SSSR count). The molecule has 0 aliphatic carbocycles. The van der Waals surface area contributed by atoms with Crippen molar-refractivity contribution in [1.29, 1.82) is 0 Å². The zero-order valence-corrected chi connectivity index (χ0v) is 13.2. The highest BCUT2D eigenvalue weighted by molar-refractivity contribution is 6.30. The Balaban J connectivity index is 1.64. The van der Waals surface area contributed by atoms with E-state index in [1.54, 1.807) is 11.0 Å². The van der Waals surface area contributed by atoms with Crippen LogP contribution in [-0.2, 0) is 0 Å². The Morgan fingerprint density at radius 2 is 2.26 bits per heavy atom. The predicted molar refractivity (Wildman–Crippen MR) is 83.8 cm³/mol. The third kappa shape index (κ3) is 3.50. The average molecular weight is 335 g/mol. The summed E-state index contributed by atoms with van der Waals surface area (Å²) in [5.41, 5.74) is 0.754. The highest BCUT2D eigenvalue weighted by Crippen LogP contribution is 2.18. The van der Waals surface area contributed by atoms with Crippen molar-refractivity contribution >= 4 is 17.5 Å². The normalized spacial score (nSPS) is 17.3. The van der Waals surface area contributed by atoms with E-state index in [1.807, 2.05) is 13.0 Å². The topological polar surface area (TPSA) is 88.2 Å². The molecule has 0 spiro atoms. The summed E-state index contributed by atoms with van der Waals surface area (Å²) in [5.74, 6) is 0.256. The second kappa shape index (κ2) is 6.37. The molecule has 23 heavy (non-hydrogen) atoms. The fourth-order valence-electron chi connectivity index (χ4n) is 2.39. The Hall–Kier alpha value is -2.41. The standard InChI is InChI=1S/C15H15ClN4O3/c1-9-2-3-13(19-18-9)23-11-4-5-20(8-11)15(22)10-6-12(16)14(21)17-7-10/h2-3,6-7,11H,4-5,8H2,1H3,(H,17,21). The van der Waals surface area contributed by atoms with Gasteiger partial charge < -0.3 is 14.6 Å². The minimum Gasteiger partial charge on any atom is -0.471 e.